The minimum atomic E-state index is -0.0386. The van der Waals surface area contributed by atoms with E-state index in [1.807, 2.05) is 59.5 Å². The fourth-order valence-corrected chi connectivity index (χ4v) is 5.83. The monoisotopic (exact) mass is 522 g/mol. The third-order valence-corrected chi connectivity index (χ3v) is 7.78. The van der Waals surface area contributed by atoms with Gasteiger partial charge in [-0.3, -0.25) is 4.90 Å². The number of hydrogen-bond acceptors (Lipinski definition) is 4. The van der Waals surface area contributed by atoms with Crippen molar-refractivity contribution in [1.82, 2.24) is 14.7 Å². The van der Waals surface area contributed by atoms with Crippen LogP contribution in [0.2, 0.25) is 0 Å². The summed E-state index contributed by atoms with van der Waals surface area (Å²) < 4.78 is 5.25. The lowest BCUT2D eigenvalue weighted by Crippen LogP contribution is -2.69. The standard InChI is InChI=1S/C33H38N4O2/c1-35(2)23-30-32(27-15-13-26(14-16-27)12-11-25-9-5-4-6-10-25)31-24-36(21-7-8-22-37(30)31)33(38)34-28-17-19-29(39-3)20-18-28/h4-6,9-10,13-20,30-32H,7-8,21-24H2,1-3H3,(H,34,38)/t30-,31+,32+/m1/s1. The number of likely N-dealkylation sites (N-methyl/N-ethyl adjacent to an activating group) is 1. The lowest BCUT2D eigenvalue weighted by molar-refractivity contribution is -0.0447. The van der Waals surface area contributed by atoms with Crippen LogP contribution in [0.15, 0.2) is 78.9 Å². The van der Waals surface area contributed by atoms with E-state index in [1.165, 1.54) is 5.56 Å². The molecule has 3 aromatic carbocycles. The number of ether oxygens (including phenoxy) is 1. The van der Waals surface area contributed by atoms with Gasteiger partial charge < -0.3 is 19.9 Å². The van der Waals surface area contributed by atoms with Crippen molar-refractivity contribution in [3.63, 3.8) is 0 Å². The Bertz CT molecular complexity index is 1300. The molecule has 0 saturated carbocycles. The first-order chi connectivity index (χ1) is 19.0. The molecule has 202 valence electrons. The summed E-state index contributed by atoms with van der Waals surface area (Å²) in [6, 6.07) is 27.0. The molecule has 5 rings (SSSR count). The zero-order chi connectivity index (χ0) is 27.2. The molecule has 2 heterocycles. The van der Waals surface area contributed by atoms with Crippen molar-refractivity contribution in [3.8, 4) is 17.6 Å². The molecule has 1 N–H and O–H groups in total. The van der Waals surface area contributed by atoms with E-state index >= 15 is 0 Å². The number of nitrogens with zero attached hydrogens (tertiary/aromatic N) is 3. The second-order valence-corrected chi connectivity index (χ2v) is 10.7. The van der Waals surface area contributed by atoms with Crippen LogP contribution in [0.3, 0.4) is 0 Å². The summed E-state index contributed by atoms with van der Waals surface area (Å²) in [7, 11) is 5.93. The lowest BCUT2D eigenvalue weighted by Gasteiger charge is -2.58. The first-order valence-corrected chi connectivity index (χ1v) is 13.8. The van der Waals surface area contributed by atoms with Gasteiger partial charge in [0.15, 0.2) is 0 Å². The van der Waals surface area contributed by atoms with Crippen LogP contribution >= 0.6 is 0 Å². The number of nitrogens with one attached hydrogen (secondary N) is 1. The Morgan fingerprint density at radius 2 is 1.59 bits per heavy atom. The van der Waals surface area contributed by atoms with Crippen LogP contribution in [0.5, 0.6) is 5.75 Å². The molecule has 6 heteroatoms. The Hall–Kier alpha value is -3.79. The van der Waals surface area contributed by atoms with Crippen LogP contribution < -0.4 is 10.1 Å². The highest BCUT2D eigenvalue weighted by Crippen LogP contribution is 2.42. The smallest absolute Gasteiger partial charge is 0.321 e. The molecule has 2 saturated heterocycles. The van der Waals surface area contributed by atoms with Crippen LogP contribution in [-0.2, 0) is 0 Å². The maximum absolute atomic E-state index is 13.3. The highest BCUT2D eigenvalue weighted by molar-refractivity contribution is 5.89. The van der Waals surface area contributed by atoms with Crippen LogP contribution in [-0.4, -0.2) is 80.2 Å². The van der Waals surface area contributed by atoms with Crippen molar-refractivity contribution in [1.29, 1.82) is 0 Å². The van der Waals surface area contributed by atoms with Gasteiger partial charge in [-0.15, -0.1) is 0 Å². The molecule has 2 aliphatic heterocycles. The minimum absolute atomic E-state index is 0.0386. The van der Waals surface area contributed by atoms with Gasteiger partial charge in [0.2, 0.25) is 0 Å². The number of rotatable bonds is 5. The van der Waals surface area contributed by atoms with Gasteiger partial charge in [-0.2, -0.15) is 0 Å². The summed E-state index contributed by atoms with van der Waals surface area (Å²) in [5, 5.41) is 3.09. The Kier molecular flexibility index (Phi) is 8.51. The number of fused-ring (bicyclic) bond motifs is 1. The molecule has 0 unspecified atom stereocenters. The summed E-state index contributed by atoms with van der Waals surface area (Å²) in [4.78, 5) is 20.2. The Morgan fingerprint density at radius 1 is 0.923 bits per heavy atom. The van der Waals surface area contributed by atoms with Gasteiger partial charge in [0.1, 0.15) is 5.75 Å². The predicted octanol–water partition coefficient (Wildman–Crippen LogP) is 5.12. The molecule has 6 nitrogen and oxygen atoms in total. The van der Waals surface area contributed by atoms with Gasteiger partial charge in [-0.25, -0.2) is 4.79 Å². The third-order valence-electron chi connectivity index (χ3n) is 7.78. The zero-order valence-corrected chi connectivity index (χ0v) is 23.1. The van der Waals surface area contributed by atoms with Crippen LogP contribution in [0, 0.1) is 11.8 Å². The maximum Gasteiger partial charge on any atom is 0.321 e. The van der Waals surface area contributed by atoms with E-state index < -0.39 is 0 Å². The van der Waals surface area contributed by atoms with E-state index in [4.69, 9.17) is 4.74 Å². The zero-order valence-electron chi connectivity index (χ0n) is 23.1. The number of carbonyl (C=O) groups excluding carboxylic acids is 1. The van der Waals surface area contributed by atoms with Crippen LogP contribution in [0.25, 0.3) is 0 Å². The SMILES string of the molecule is COc1ccc(NC(=O)N2CCCCN3[C@H](CN(C)C)[C@H](c4ccc(C#Cc5ccccc5)cc4)[C@@H]3C2)cc1. The number of carbonyl (C=O) groups is 1. The molecule has 2 amide bonds. The fourth-order valence-electron chi connectivity index (χ4n) is 5.83. The van der Waals surface area contributed by atoms with Gasteiger partial charge in [0.25, 0.3) is 0 Å². The molecule has 3 atom stereocenters. The Balaban J connectivity index is 1.33. The Morgan fingerprint density at radius 3 is 2.26 bits per heavy atom. The van der Waals surface area contributed by atoms with Crippen molar-refractivity contribution < 1.29 is 9.53 Å². The number of anilines is 1. The Labute approximate surface area is 232 Å². The normalized spacial score (nSPS) is 21.0. The van der Waals surface area contributed by atoms with Gasteiger partial charge in [0, 0.05) is 54.5 Å². The van der Waals surface area contributed by atoms with Crippen molar-refractivity contribution in [2.45, 2.75) is 30.8 Å². The molecular weight excluding hydrogens is 484 g/mol. The third kappa shape index (κ3) is 6.44. The molecule has 0 spiro atoms. The lowest BCUT2D eigenvalue weighted by atomic mass is 9.73. The number of methoxy groups -OCH3 is 1. The van der Waals surface area contributed by atoms with Crippen molar-refractivity contribution in [2.24, 2.45) is 0 Å². The van der Waals surface area contributed by atoms with Crippen LogP contribution in [0.4, 0.5) is 10.5 Å². The summed E-state index contributed by atoms with van der Waals surface area (Å²) in [6.45, 7) is 3.56. The summed E-state index contributed by atoms with van der Waals surface area (Å²) in [5.41, 5.74) is 4.14. The quantitative estimate of drug-likeness (QED) is 0.473. The first kappa shape index (κ1) is 26.8. The number of urea groups is 1. The molecule has 39 heavy (non-hydrogen) atoms. The largest absolute Gasteiger partial charge is 0.497 e. The number of hydrogen-bond donors (Lipinski definition) is 1. The van der Waals surface area contributed by atoms with E-state index in [0.29, 0.717) is 18.5 Å². The molecule has 3 aromatic rings. The van der Waals surface area contributed by atoms with E-state index in [2.05, 4.69) is 65.3 Å². The molecule has 0 aliphatic carbocycles. The molecule has 2 fully saturated rings. The van der Waals surface area contributed by atoms with Crippen molar-refractivity contribution in [2.75, 3.05) is 52.7 Å². The topological polar surface area (TPSA) is 48.1 Å². The van der Waals surface area contributed by atoms with Crippen molar-refractivity contribution in [3.05, 3.63) is 95.6 Å². The molecular formula is C33H38N4O2. The summed E-state index contributed by atoms with van der Waals surface area (Å²) in [6.07, 6.45) is 2.10. The van der Waals surface area contributed by atoms with Crippen LogP contribution in [0.1, 0.15) is 35.4 Å². The predicted molar refractivity (Wildman–Crippen MR) is 157 cm³/mol. The average molecular weight is 523 g/mol. The molecule has 2 aliphatic rings. The highest BCUT2D eigenvalue weighted by Gasteiger charge is 2.49. The van der Waals surface area contributed by atoms with E-state index in [9.17, 15) is 4.79 Å². The number of amides is 2. The average Bonchev–Trinajstić information content (AvgIpc) is 2.94. The van der Waals surface area contributed by atoms with E-state index in [1.54, 1.807) is 7.11 Å². The summed E-state index contributed by atoms with van der Waals surface area (Å²) in [5.74, 6) is 7.68. The van der Waals surface area contributed by atoms with Gasteiger partial charge in [-0.05, 0) is 87.6 Å². The van der Waals surface area contributed by atoms with Gasteiger partial charge >= 0.3 is 6.03 Å². The van der Waals surface area contributed by atoms with Gasteiger partial charge in [-0.1, -0.05) is 42.2 Å². The summed E-state index contributed by atoms with van der Waals surface area (Å²) >= 11 is 0. The molecule has 0 bridgehead atoms. The minimum Gasteiger partial charge on any atom is -0.497 e. The number of benzene rings is 3. The molecule has 0 aromatic heterocycles. The van der Waals surface area contributed by atoms with E-state index in [0.717, 1.165) is 55.0 Å². The van der Waals surface area contributed by atoms with Gasteiger partial charge in [0.05, 0.1) is 7.11 Å². The molecule has 0 radical (unpaired) electrons. The fraction of sp³-hybridized carbons (Fsp3) is 0.364. The second-order valence-electron chi connectivity index (χ2n) is 10.7. The van der Waals surface area contributed by atoms with E-state index in [-0.39, 0.29) is 12.1 Å². The first-order valence-electron chi connectivity index (χ1n) is 13.8. The van der Waals surface area contributed by atoms with Crippen molar-refractivity contribution >= 4 is 11.7 Å². The highest BCUT2D eigenvalue weighted by atomic mass is 16.5. The maximum atomic E-state index is 13.3. The second kappa shape index (κ2) is 12.4.